The summed E-state index contributed by atoms with van der Waals surface area (Å²) in [5.41, 5.74) is 5.82. The number of hydrogen-bond acceptors (Lipinski definition) is 3. The summed E-state index contributed by atoms with van der Waals surface area (Å²) in [6.07, 6.45) is 4.52. The molecule has 1 aliphatic carbocycles. The normalized spacial score (nSPS) is 31.1. The summed E-state index contributed by atoms with van der Waals surface area (Å²) in [7, 11) is 0. The number of nitrogens with one attached hydrogen (secondary N) is 1. The second-order valence-electron chi connectivity index (χ2n) is 5.66. The lowest BCUT2D eigenvalue weighted by molar-refractivity contribution is -0.140. The van der Waals surface area contributed by atoms with Crippen molar-refractivity contribution in [3.63, 3.8) is 0 Å². The van der Waals surface area contributed by atoms with Gasteiger partial charge in [0, 0.05) is 25.6 Å². The fourth-order valence-corrected chi connectivity index (χ4v) is 3.43. The van der Waals surface area contributed by atoms with E-state index in [1.54, 1.807) is 0 Å². The first-order valence-corrected chi connectivity index (χ1v) is 7.44. The number of nitrogens with two attached hydrogens (primary N) is 1. The van der Waals surface area contributed by atoms with Crippen molar-refractivity contribution in [3.8, 4) is 0 Å². The van der Waals surface area contributed by atoms with E-state index in [9.17, 15) is 9.59 Å². The Morgan fingerprint density at radius 2 is 2.21 bits per heavy atom. The molecule has 1 saturated heterocycles. The van der Waals surface area contributed by atoms with Gasteiger partial charge in [0.15, 0.2) is 0 Å². The van der Waals surface area contributed by atoms with Crippen LogP contribution in [0.25, 0.3) is 0 Å². The number of carbonyl (C=O) groups excluding carboxylic acids is 2. The molecule has 19 heavy (non-hydrogen) atoms. The fourth-order valence-electron chi connectivity index (χ4n) is 3.43. The fraction of sp³-hybridized carbons (Fsp3) is 0.857. The van der Waals surface area contributed by atoms with Gasteiger partial charge in [0.2, 0.25) is 11.8 Å². The van der Waals surface area contributed by atoms with Crippen molar-refractivity contribution in [3.05, 3.63) is 0 Å². The standard InChI is InChI=1S/C14H25N3O2/c1-2-17(12-5-3-4-10(12)8-15)14(19)11-6-7-13(18)16-9-11/h10-12H,2-9,15H2,1H3,(H,16,18). The first-order chi connectivity index (χ1) is 9.17. The highest BCUT2D eigenvalue weighted by Crippen LogP contribution is 2.30. The molecule has 1 saturated carbocycles. The Morgan fingerprint density at radius 3 is 2.79 bits per heavy atom. The minimum absolute atomic E-state index is 0.0447. The Morgan fingerprint density at radius 1 is 1.42 bits per heavy atom. The summed E-state index contributed by atoms with van der Waals surface area (Å²) < 4.78 is 0. The van der Waals surface area contributed by atoms with E-state index in [4.69, 9.17) is 5.73 Å². The topological polar surface area (TPSA) is 75.4 Å². The molecular formula is C14H25N3O2. The van der Waals surface area contributed by atoms with Gasteiger partial charge >= 0.3 is 0 Å². The van der Waals surface area contributed by atoms with Gasteiger partial charge in [-0.3, -0.25) is 9.59 Å². The maximum atomic E-state index is 12.6. The van der Waals surface area contributed by atoms with Crippen LogP contribution in [0.1, 0.15) is 39.0 Å². The highest BCUT2D eigenvalue weighted by atomic mass is 16.2. The van der Waals surface area contributed by atoms with Crippen molar-refractivity contribution in [2.24, 2.45) is 17.6 Å². The molecule has 3 unspecified atom stereocenters. The maximum absolute atomic E-state index is 12.6. The molecule has 5 heteroatoms. The van der Waals surface area contributed by atoms with Crippen LogP contribution in [0.3, 0.4) is 0 Å². The molecule has 0 radical (unpaired) electrons. The molecule has 5 nitrogen and oxygen atoms in total. The highest BCUT2D eigenvalue weighted by Gasteiger charge is 2.36. The third-order valence-corrected chi connectivity index (χ3v) is 4.56. The quantitative estimate of drug-likeness (QED) is 0.778. The number of carbonyl (C=O) groups is 2. The van der Waals surface area contributed by atoms with Gasteiger partial charge < -0.3 is 16.0 Å². The molecule has 0 aromatic rings. The molecule has 1 heterocycles. The van der Waals surface area contributed by atoms with E-state index in [0.29, 0.717) is 37.9 Å². The molecule has 2 fully saturated rings. The zero-order chi connectivity index (χ0) is 13.8. The highest BCUT2D eigenvalue weighted by molar-refractivity contribution is 5.84. The Bertz CT molecular complexity index is 336. The van der Waals surface area contributed by atoms with Crippen molar-refractivity contribution >= 4 is 11.8 Å². The molecule has 2 amide bonds. The molecule has 1 aliphatic heterocycles. The van der Waals surface area contributed by atoms with Gasteiger partial charge in [-0.1, -0.05) is 6.42 Å². The Kier molecular flexibility index (Phi) is 4.80. The molecule has 0 bridgehead atoms. The van der Waals surface area contributed by atoms with Crippen molar-refractivity contribution in [1.82, 2.24) is 10.2 Å². The lowest BCUT2D eigenvalue weighted by atomic mass is 9.95. The molecule has 3 N–H and O–H groups in total. The van der Waals surface area contributed by atoms with E-state index in [2.05, 4.69) is 5.32 Å². The van der Waals surface area contributed by atoms with Gasteiger partial charge in [-0.25, -0.2) is 0 Å². The second-order valence-corrected chi connectivity index (χ2v) is 5.66. The summed E-state index contributed by atoms with van der Waals surface area (Å²) in [5, 5.41) is 2.80. The van der Waals surface area contributed by atoms with Crippen molar-refractivity contribution in [2.75, 3.05) is 19.6 Å². The number of nitrogens with zero attached hydrogens (tertiary/aromatic N) is 1. The van der Waals surface area contributed by atoms with E-state index < -0.39 is 0 Å². The van der Waals surface area contributed by atoms with Gasteiger partial charge in [0.25, 0.3) is 0 Å². The van der Waals surface area contributed by atoms with Gasteiger partial charge in [-0.2, -0.15) is 0 Å². The number of hydrogen-bond donors (Lipinski definition) is 2. The molecule has 2 rings (SSSR count). The van der Waals surface area contributed by atoms with Gasteiger partial charge in [-0.05, 0) is 38.6 Å². The Labute approximate surface area is 114 Å². The summed E-state index contributed by atoms with van der Waals surface area (Å²) in [4.78, 5) is 25.8. The van der Waals surface area contributed by atoms with Crippen molar-refractivity contribution in [2.45, 2.75) is 45.1 Å². The van der Waals surface area contributed by atoms with Gasteiger partial charge in [0.1, 0.15) is 0 Å². The van der Waals surface area contributed by atoms with Crippen LogP contribution in [0.5, 0.6) is 0 Å². The van der Waals surface area contributed by atoms with Crippen LogP contribution in [-0.2, 0) is 9.59 Å². The van der Waals surface area contributed by atoms with Crippen molar-refractivity contribution in [1.29, 1.82) is 0 Å². The lowest BCUT2D eigenvalue weighted by Crippen LogP contribution is -2.50. The molecule has 108 valence electrons. The third-order valence-electron chi connectivity index (χ3n) is 4.56. The third kappa shape index (κ3) is 3.08. The predicted octanol–water partition coefficient (Wildman–Crippen LogP) is 0.489. The summed E-state index contributed by atoms with van der Waals surface area (Å²) in [5.74, 6) is 0.666. The molecule has 2 aliphatic rings. The Balaban J connectivity index is 2.00. The van der Waals surface area contributed by atoms with Crippen LogP contribution in [-0.4, -0.2) is 42.4 Å². The Hall–Kier alpha value is -1.10. The predicted molar refractivity (Wildman–Crippen MR) is 73.3 cm³/mol. The van der Waals surface area contributed by atoms with Crippen molar-refractivity contribution < 1.29 is 9.59 Å². The number of amides is 2. The molecule has 3 atom stereocenters. The smallest absolute Gasteiger partial charge is 0.227 e. The zero-order valence-electron chi connectivity index (χ0n) is 11.7. The number of rotatable bonds is 4. The van der Waals surface area contributed by atoms with E-state index in [-0.39, 0.29) is 17.7 Å². The van der Waals surface area contributed by atoms with E-state index in [1.807, 2.05) is 11.8 Å². The van der Waals surface area contributed by atoms with Crippen LogP contribution in [0.4, 0.5) is 0 Å². The zero-order valence-corrected chi connectivity index (χ0v) is 11.7. The lowest BCUT2D eigenvalue weighted by Gasteiger charge is -2.35. The maximum Gasteiger partial charge on any atom is 0.227 e. The van der Waals surface area contributed by atoms with Crippen LogP contribution in [0, 0.1) is 11.8 Å². The van der Waals surface area contributed by atoms with E-state index >= 15 is 0 Å². The summed E-state index contributed by atoms with van der Waals surface area (Å²) in [6.45, 7) is 3.93. The first kappa shape index (κ1) is 14.3. The minimum atomic E-state index is -0.0447. The van der Waals surface area contributed by atoms with Crippen LogP contribution in [0.2, 0.25) is 0 Å². The minimum Gasteiger partial charge on any atom is -0.355 e. The molecular weight excluding hydrogens is 242 g/mol. The summed E-state index contributed by atoms with van der Waals surface area (Å²) >= 11 is 0. The SMILES string of the molecule is CCN(C(=O)C1CCC(=O)NC1)C1CCCC1CN. The number of piperidine rings is 1. The largest absolute Gasteiger partial charge is 0.355 e. The molecule has 0 aromatic heterocycles. The molecule has 0 aromatic carbocycles. The van der Waals surface area contributed by atoms with Crippen LogP contribution >= 0.6 is 0 Å². The van der Waals surface area contributed by atoms with Crippen LogP contribution < -0.4 is 11.1 Å². The second kappa shape index (κ2) is 6.37. The summed E-state index contributed by atoms with van der Waals surface area (Å²) in [6, 6.07) is 0.306. The first-order valence-electron chi connectivity index (χ1n) is 7.44. The molecule has 0 spiro atoms. The average Bonchev–Trinajstić information content (AvgIpc) is 2.88. The monoisotopic (exact) mass is 267 g/mol. The van der Waals surface area contributed by atoms with Gasteiger partial charge in [0.05, 0.1) is 5.92 Å². The van der Waals surface area contributed by atoms with Gasteiger partial charge in [-0.15, -0.1) is 0 Å². The average molecular weight is 267 g/mol. The van der Waals surface area contributed by atoms with E-state index in [1.165, 1.54) is 0 Å². The van der Waals surface area contributed by atoms with E-state index in [0.717, 1.165) is 25.8 Å². The van der Waals surface area contributed by atoms with Crippen LogP contribution in [0.15, 0.2) is 0 Å².